The summed E-state index contributed by atoms with van der Waals surface area (Å²) in [6, 6.07) is 0.193. The third-order valence-electron chi connectivity index (χ3n) is 4.77. The number of piperidine rings is 1. The first-order valence-corrected chi connectivity index (χ1v) is 8.19. The molecule has 22 heavy (non-hydrogen) atoms. The van der Waals surface area contributed by atoms with Gasteiger partial charge < -0.3 is 4.52 Å². The van der Waals surface area contributed by atoms with Gasteiger partial charge in [-0.05, 0) is 45.1 Å². The molecule has 2 aliphatic rings. The molecule has 7 nitrogen and oxygen atoms in total. The molecular formula is C15H22N6O. The summed E-state index contributed by atoms with van der Waals surface area (Å²) in [5, 5.41) is 8.35. The van der Waals surface area contributed by atoms with E-state index < -0.39 is 0 Å². The smallest absolute Gasteiger partial charge is 0.243 e. The Morgan fingerprint density at radius 2 is 2.27 bits per heavy atom. The highest BCUT2D eigenvalue weighted by atomic mass is 16.5. The molecule has 1 aliphatic heterocycles. The maximum Gasteiger partial charge on any atom is 0.243 e. The predicted octanol–water partition coefficient (Wildman–Crippen LogP) is 2.01. The minimum absolute atomic E-state index is 0.193. The maximum absolute atomic E-state index is 5.49. The van der Waals surface area contributed by atoms with Crippen molar-refractivity contribution in [2.24, 2.45) is 5.92 Å². The van der Waals surface area contributed by atoms with Crippen molar-refractivity contribution in [3.8, 4) is 0 Å². The van der Waals surface area contributed by atoms with Gasteiger partial charge in [0.25, 0.3) is 0 Å². The van der Waals surface area contributed by atoms with Crippen molar-refractivity contribution in [3.05, 3.63) is 24.4 Å². The van der Waals surface area contributed by atoms with Crippen molar-refractivity contribution < 1.29 is 4.52 Å². The zero-order chi connectivity index (χ0) is 14.9. The zero-order valence-electron chi connectivity index (χ0n) is 12.9. The first-order valence-electron chi connectivity index (χ1n) is 8.19. The molecule has 0 N–H and O–H groups in total. The Morgan fingerprint density at radius 1 is 1.36 bits per heavy atom. The topological polar surface area (TPSA) is 72.9 Å². The average Bonchev–Trinajstić information content (AvgIpc) is 3.06. The molecule has 7 heteroatoms. The van der Waals surface area contributed by atoms with Gasteiger partial charge in [0, 0.05) is 19.0 Å². The first-order chi connectivity index (χ1) is 10.8. The van der Waals surface area contributed by atoms with Gasteiger partial charge in [0.2, 0.25) is 5.89 Å². The normalized spacial score (nSPS) is 24.5. The second kappa shape index (κ2) is 5.79. The Bertz CT molecular complexity index is 605. The van der Waals surface area contributed by atoms with Crippen LogP contribution in [0.25, 0.3) is 0 Å². The van der Waals surface area contributed by atoms with E-state index in [0.29, 0.717) is 11.8 Å². The highest BCUT2D eigenvalue weighted by Crippen LogP contribution is 2.38. The summed E-state index contributed by atoms with van der Waals surface area (Å²) in [5.41, 5.74) is 0. The van der Waals surface area contributed by atoms with Crippen LogP contribution in [0.1, 0.15) is 56.3 Å². The van der Waals surface area contributed by atoms with Crippen molar-refractivity contribution in [2.45, 2.75) is 51.1 Å². The summed E-state index contributed by atoms with van der Waals surface area (Å²) in [6.07, 6.45) is 8.24. The summed E-state index contributed by atoms with van der Waals surface area (Å²) in [4.78, 5) is 11.1. The van der Waals surface area contributed by atoms with Crippen LogP contribution in [0.2, 0.25) is 0 Å². The van der Waals surface area contributed by atoms with Crippen molar-refractivity contribution in [1.29, 1.82) is 0 Å². The Kier molecular flexibility index (Phi) is 3.65. The molecule has 3 heterocycles. The van der Waals surface area contributed by atoms with Crippen LogP contribution in [-0.4, -0.2) is 42.9 Å². The molecule has 0 radical (unpaired) electrons. The maximum atomic E-state index is 5.49. The van der Waals surface area contributed by atoms with Gasteiger partial charge >= 0.3 is 0 Å². The van der Waals surface area contributed by atoms with Crippen LogP contribution in [-0.2, 0) is 6.54 Å². The van der Waals surface area contributed by atoms with Gasteiger partial charge in [-0.2, -0.15) is 10.1 Å². The molecule has 0 amide bonds. The van der Waals surface area contributed by atoms with Crippen molar-refractivity contribution in [3.63, 3.8) is 0 Å². The minimum Gasteiger partial charge on any atom is -0.338 e. The van der Waals surface area contributed by atoms with Gasteiger partial charge in [0.05, 0.1) is 6.04 Å². The third-order valence-corrected chi connectivity index (χ3v) is 4.77. The molecule has 2 fully saturated rings. The number of nitrogens with zero attached hydrogens (tertiary/aromatic N) is 6. The molecule has 118 valence electrons. The highest BCUT2D eigenvalue weighted by Gasteiger charge is 2.32. The summed E-state index contributed by atoms with van der Waals surface area (Å²) in [7, 11) is 0. The lowest BCUT2D eigenvalue weighted by atomic mass is 9.97. The van der Waals surface area contributed by atoms with E-state index >= 15 is 0 Å². The molecule has 1 saturated heterocycles. The van der Waals surface area contributed by atoms with Crippen LogP contribution in [0.3, 0.4) is 0 Å². The summed E-state index contributed by atoms with van der Waals surface area (Å²) in [5.74, 6) is 2.82. The monoisotopic (exact) mass is 302 g/mol. The van der Waals surface area contributed by atoms with E-state index in [9.17, 15) is 0 Å². The number of aromatic nitrogens is 5. The lowest BCUT2D eigenvalue weighted by molar-refractivity contribution is 0.102. The van der Waals surface area contributed by atoms with Gasteiger partial charge in [-0.15, -0.1) is 0 Å². The van der Waals surface area contributed by atoms with Crippen LogP contribution in [0.4, 0.5) is 0 Å². The molecule has 2 aromatic heterocycles. The van der Waals surface area contributed by atoms with E-state index in [1.807, 2.05) is 4.68 Å². The van der Waals surface area contributed by atoms with Crippen LogP contribution in [0, 0.1) is 5.92 Å². The zero-order valence-corrected chi connectivity index (χ0v) is 12.9. The van der Waals surface area contributed by atoms with Crippen LogP contribution < -0.4 is 0 Å². The number of hydrogen-bond donors (Lipinski definition) is 0. The molecule has 2 aromatic rings. The lowest BCUT2D eigenvalue weighted by Crippen LogP contribution is -2.38. The number of likely N-dealkylation sites (tertiary alicyclic amines) is 1. The SMILES string of the molecule is C[C@@H](c1nc(C2CC2)no1)N1CCC[C@@H](Cn2cncn2)C1. The van der Waals surface area contributed by atoms with E-state index in [4.69, 9.17) is 4.52 Å². The fourth-order valence-corrected chi connectivity index (χ4v) is 3.27. The van der Waals surface area contributed by atoms with Crippen LogP contribution in [0.15, 0.2) is 17.2 Å². The second-order valence-corrected chi connectivity index (χ2v) is 6.56. The average molecular weight is 302 g/mol. The van der Waals surface area contributed by atoms with Crippen molar-refractivity contribution in [1.82, 2.24) is 29.8 Å². The van der Waals surface area contributed by atoms with Gasteiger partial charge in [-0.25, -0.2) is 4.98 Å². The molecule has 1 saturated carbocycles. The first kappa shape index (κ1) is 13.9. The van der Waals surface area contributed by atoms with E-state index in [2.05, 4.69) is 32.0 Å². The van der Waals surface area contributed by atoms with Gasteiger partial charge in [0.1, 0.15) is 12.7 Å². The molecule has 1 aliphatic carbocycles. The largest absolute Gasteiger partial charge is 0.338 e. The fourth-order valence-electron chi connectivity index (χ4n) is 3.27. The van der Waals surface area contributed by atoms with Crippen LogP contribution in [0.5, 0.6) is 0 Å². The number of hydrogen-bond acceptors (Lipinski definition) is 6. The molecule has 0 bridgehead atoms. The quantitative estimate of drug-likeness (QED) is 0.841. The molecule has 2 atom stereocenters. The Balaban J connectivity index is 1.39. The Hall–Kier alpha value is -1.76. The molecule has 0 unspecified atom stereocenters. The van der Waals surface area contributed by atoms with E-state index in [-0.39, 0.29) is 6.04 Å². The third kappa shape index (κ3) is 2.90. The van der Waals surface area contributed by atoms with Gasteiger partial charge in [-0.1, -0.05) is 5.16 Å². The van der Waals surface area contributed by atoms with Gasteiger partial charge in [-0.3, -0.25) is 9.58 Å². The molecule has 0 aromatic carbocycles. The van der Waals surface area contributed by atoms with E-state index in [1.165, 1.54) is 25.7 Å². The molecule has 0 spiro atoms. The standard InChI is InChI=1S/C15H22N6O/c1-11(15-18-14(19-22-15)13-4-5-13)20-6-2-3-12(7-20)8-21-10-16-9-17-21/h9-13H,2-8H2,1H3/t11-,12+/m0/s1. The predicted molar refractivity (Wildman–Crippen MR) is 79.0 cm³/mol. The number of rotatable bonds is 5. The van der Waals surface area contributed by atoms with Crippen molar-refractivity contribution >= 4 is 0 Å². The summed E-state index contributed by atoms with van der Waals surface area (Å²) >= 11 is 0. The van der Waals surface area contributed by atoms with E-state index in [0.717, 1.165) is 31.3 Å². The highest BCUT2D eigenvalue weighted by molar-refractivity contribution is 5.04. The second-order valence-electron chi connectivity index (χ2n) is 6.56. The lowest BCUT2D eigenvalue weighted by Gasteiger charge is -2.35. The van der Waals surface area contributed by atoms with Gasteiger partial charge in [0.15, 0.2) is 5.82 Å². The fraction of sp³-hybridized carbons (Fsp3) is 0.733. The Morgan fingerprint density at radius 3 is 3.05 bits per heavy atom. The minimum atomic E-state index is 0.193. The summed E-state index contributed by atoms with van der Waals surface area (Å²) in [6.45, 7) is 5.24. The molecule has 4 rings (SSSR count). The van der Waals surface area contributed by atoms with E-state index in [1.54, 1.807) is 12.7 Å². The molecular weight excluding hydrogens is 280 g/mol. The Labute approximate surface area is 129 Å². The summed E-state index contributed by atoms with van der Waals surface area (Å²) < 4.78 is 7.42. The van der Waals surface area contributed by atoms with Crippen LogP contribution >= 0.6 is 0 Å². The van der Waals surface area contributed by atoms with Crippen molar-refractivity contribution in [2.75, 3.05) is 13.1 Å².